The van der Waals surface area contributed by atoms with E-state index in [4.69, 9.17) is 16.6 Å². The first-order valence-corrected chi connectivity index (χ1v) is 9.17. The zero-order valence-electron chi connectivity index (χ0n) is 14.0. The molecule has 0 saturated carbocycles. The summed E-state index contributed by atoms with van der Waals surface area (Å²) < 4.78 is 0. The third-order valence-electron chi connectivity index (χ3n) is 4.92. The quantitative estimate of drug-likeness (QED) is 0.716. The molecule has 1 aliphatic heterocycles. The Balaban J connectivity index is 1.84. The fourth-order valence-electron chi connectivity index (χ4n) is 3.61. The Morgan fingerprint density at radius 1 is 1.08 bits per heavy atom. The van der Waals surface area contributed by atoms with Crippen LogP contribution < -0.4 is 5.32 Å². The number of benzene rings is 2. The number of hydrogen-bond acceptors (Lipinski definition) is 3. The van der Waals surface area contributed by atoms with Crippen molar-refractivity contribution in [2.45, 2.75) is 31.4 Å². The summed E-state index contributed by atoms with van der Waals surface area (Å²) in [6, 6.07) is 17.8. The van der Waals surface area contributed by atoms with E-state index in [0.29, 0.717) is 5.02 Å². The van der Waals surface area contributed by atoms with Gasteiger partial charge in [0.25, 0.3) is 0 Å². The van der Waals surface area contributed by atoms with Crippen LogP contribution in [0.25, 0.3) is 22.2 Å². The molecular weight excluding hydrogens is 332 g/mol. The summed E-state index contributed by atoms with van der Waals surface area (Å²) in [6.45, 7) is 0.964. The average molecular weight is 353 g/mol. The van der Waals surface area contributed by atoms with Gasteiger partial charge in [-0.2, -0.15) is 0 Å². The maximum Gasteiger partial charge on any atom is 0.0950 e. The Kier molecular flexibility index (Phi) is 4.71. The van der Waals surface area contributed by atoms with Crippen molar-refractivity contribution in [2.75, 3.05) is 6.54 Å². The van der Waals surface area contributed by atoms with E-state index in [1.54, 1.807) is 0 Å². The van der Waals surface area contributed by atoms with Crippen molar-refractivity contribution in [3.8, 4) is 11.3 Å². The first-order chi connectivity index (χ1) is 12.2. The van der Waals surface area contributed by atoms with Crippen molar-refractivity contribution in [3.05, 3.63) is 65.2 Å². The number of pyridine rings is 1. The molecule has 0 unspecified atom stereocenters. The van der Waals surface area contributed by atoms with Gasteiger partial charge in [0.2, 0.25) is 0 Å². The monoisotopic (exact) mass is 352 g/mol. The van der Waals surface area contributed by atoms with Crippen LogP contribution in [0.2, 0.25) is 5.02 Å². The lowest BCUT2D eigenvalue weighted by Crippen LogP contribution is -2.38. The minimum Gasteiger partial charge on any atom is -0.387 e. The van der Waals surface area contributed by atoms with Gasteiger partial charge in [-0.15, -0.1) is 0 Å². The van der Waals surface area contributed by atoms with E-state index in [-0.39, 0.29) is 6.04 Å². The van der Waals surface area contributed by atoms with Crippen molar-refractivity contribution < 1.29 is 5.11 Å². The fraction of sp³-hybridized carbons (Fsp3) is 0.286. The number of aliphatic hydroxyl groups excluding tert-OH is 1. The van der Waals surface area contributed by atoms with Crippen LogP contribution in [0.5, 0.6) is 0 Å². The topological polar surface area (TPSA) is 45.2 Å². The van der Waals surface area contributed by atoms with Gasteiger partial charge in [0.15, 0.2) is 0 Å². The van der Waals surface area contributed by atoms with Crippen LogP contribution in [0.15, 0.2) is 54.6 Å². The molecule has 3 nitrogen and oxygen atoms in total. The number of nitrogens with zero attached hydrogens (tertiary/aromatic N) is 1. The van der Waals surface area contributed by atoms with E-state index < -0.39 is 6.10 Å². The maximum atomic E-state index is 11.1. The van der Waals surface area contributed by atoms with Gasteiger partial charge in [0.1, 0.15) is 0 Å². The SMILES string of the molecule is O[C@@H](c1cc(-c2cccc(Cl)c2)nc2ccccc12)[C@H]1CCCCN1. The first kappa shape index (κ1) is 16.5. The molecule has 0 bridgehead atoms. The van der Waals surface area contributed by atoms with Crippen LogP contribution in [0.3, 0.4) is 0 Å². The number of piperidine rings is 1. The molecule has 25 heavy (non-hydrogen) atoms. The Morgan fingerprint density at radius 3 is 2.76 bits per heavy atom. The van der Waals surface area contributed by atoms with E-state index in [1.807, 2.05) is 54.6 Å². The van der Waals surface area contributed by atoms with Crippen LogP contribution in [0, 0.1) is 0 Å². The highest BCUT2D eigenvalue weighted by atomic mass is 35.5. The molecule has 1 fully saturated rings. The molecule has 2 aromatic carbocycles. The van der Waals surface area contributed by atoms with E-state index >= 15 is 0 Å². The van der Waals surface area contributed by atoms with Crippen molar-refractivity contribution in [2.24, 2.45) is 0 Å². The highest BCUT2D eigenvalue weighted by molar-refractivity contribution is 6.30. The van der Waals surface area contributed by atoms with Crippen molar-refractivity contribution in [1.29, 1.82) is 0 Å². The lowest BCUT2D eigenvalue weighted by Gasteiger charge is -2.29. The second-order valence-corrected chi connectivity index (χ2v) is 7.06. The van der Waals surface area contributed by atoms with E-state index in [1.165, 1.54) is 6.42 Å². The predicted octanol–water partition coefficient (Wildman–Crippen LogP) is 4.73. The third-order valence-corrected chi connectivity index (χ3v) is 5.15. The number of hydrogen-bond donors (Lipinski definition) is 2. The Morgan fingerprint density at radius 2 is 1.96 bits per heavy atom. The lowest BCUT2D eigenvalue weighted by atomic mass is 9.92. The molecular formula is C21H21ClN2O. The summed E-state index contributed by atoms with van der Waals surface area (Å²) in [5, 5.41) is 16.2. The van der Waals surface area contributed by atoms with Crippen LogP contribution in [-0.4, -0.2) is 22.7 Å². The van der Waals surface area contributed by atoms with Gasteiger partial charge in [-0.25, -0.2) is 4.98 Å². The number of rotatable bonds is 3. The number of halogens is 1. The molecule has 4 heteroatoms. The highest BCUT2D eigenvalue weighted by Gasteiger charge is 2.25. The zero-order chi connectivity index (χ0) is 17.2. The normalized spacial score (nSPS) is 19.0. The zero-order valence-corrected chi connectivity index (χ0v) is 14.7. The number of aromatic nitrogens is 1. The van der Waals surface area contributed by atoms with Gasteiger partial charge in [0.05, 0.1) is 17.3 Å². The van der Waals surface area contributed by atoms with Crippen LogP contribution in [0.1, 0.15) is 30.9 Å². The van der Waals surface area contributed by atoms with Gasteiger partial charge in [0, 0.05) is 22.0 Å². The Bertz CT molecular complexity index is 890. The highest BCUT2D eigenvalue weighted by Crippen LogP contribution is 2.32. The molecule has 3 aromatic rings. The standard InChI is InChI=1S/C21H21ClN2O/c22-15-7-5-6-14(12-15)20-13-17(16-8-1-2-9-18(16)24-20)21(25)19-10-3-4-11-23-19/h1-2,5-9,12-13,19,21,23,25H,3-4,10-11H2/t19-,21+/m1/s1. The first-order valence-electron chi connectivity index (χ1n) is 8.79. The largest absolute Gasteiger partial charge is 0.387 e. The molecule has 1 saturated heterocycles. The summed E-state index contributed by atoms with van der Waals surface area (Å²) in [4.78, 5) is 4.78. The van der Waals surface area contributed by atoms with Gasteiger partial charge in [-0.1, -0.05) is 48.4 Å². The molecule has 0 spiro atoms. The van der Waals surface area contributed by atoms with Crippen LogP contribution in [-0.2, 0) is 0 Å². The minimum atomic E-state index is -0.550. The maximum absolute atomic E-state index is 11.1. The van der Waals surface area contributed by atoms with Gasteiger partial charge < -0.3 is 10.4 Å². The molecule has 0 aliphatic carbocycles. The molecule has 1 aliphatic rings. The Labute approximate surface area is 152 Å². The smallest absolute Gasteiger partial charge is 0.0950 e. The number of fused-ring (bicyclic) bond motifs is 1. The summed E-state index contributed by atoms with van der Waals surface area (Å²) >= 11 is 6.15. The molecule has 2 heterocycles. The summed E-state index contributed by atoms with van der Waals surface area (Å²) in [6.07, 6.45) is 2.77. The molecule has 2 N–H and O–H groups in total. The van der Waals surface area contributed by atoms with Crippen molar-refractivity contribution in [3.63, 3.8) is 0 Å². The second kappa shape index (κ2) is 7.12. The van der Waals surface area contributed by atoms with E-state index in [2.05, 4.69) is 5.32 Å². The Hall–Kier alpha value is -1.94. The third kappa shape index (κ3) is 3.40. The van der Waals surface area contributed by atoms with E-state index in [9.17, 15) is 5.11 Å². The van der Waals surface area contributed by atoms with E-state index in [0.717, 1.165) is 47.1 Å². The predicted molar refractivity (Wildman–Crippen MR) is 103 cm³/mol. The summed E-state index contributed by atoms with van der Waals surface area (Å²) in [5.74, 6) is 0. The number of nitrogens with one attached hydrogen (secondary N) is 1. The molecule has 2 atom stereocenters. The fourth-order valence-corrected chi connectivity index (χ4v) is 3.80. The van der Waals surface area contributed by atoms with Gasteiger partial charge in [-0.05, 0) is 49.2 Å². The van der Waals surface area contributed by atoms with Gasteiger partial charge >= 0.3 is 0 Å². The van der Waals surface area contributed by atoms with Crippen molar-refractivity contribution in [1.82, 2.24) is 10.3 Å². The minimum absolute atomic E-state index is 0.0896. The van der Waals surface area contributed by atoms with Gasteiger partial charge in [-0.3, -0.25) is 0 Å². The average Bonchev–Trinajstić information content (AvgIpc) is 2.67. The summed E-state index contributed by atoms with van der Waals surface area (Å²) in [5.41, 5.74) is 3.62. The van der Waals surface area contributed by atoms with Crippen molar-refractivity contribution >= 4 is 22.5 Å². The molecule has 0 amide bonds. The number of aliphatic hydroxyl groups is 1. The molecule has 1 aromatic heterocycles. The van der Waals surface area contributed by atoms with Crippen LogP contribution in [0.4, 0.5) is 0 Å². The number of para-hydroxylation sites is 1. The second-order valence-electron chi connectivity index (χ2n) is 6.63. The summed E-state index contributed by atoms with van der Waals surface area (Å²) in [7, 11) is 0. The molecule has 128 valence electrons. The lowest BCUT2D eigenvalue weighted by molar-refractivity contribution is 0.115. The molecule has 0 radical (unpaired) electrons. The molecule has 4 rings (SSSR count). The van der Waals surface area contributed by atoms with Crippen LogP contribution >= 0.6 is 11.6 Å².